The third-order valence-corrected chi connectivity index (χ3v) is 3.32. The van der Waals surface area contributed by atoms with Crippen molar-refractivity contribution in [3.63, 3.8) is 0 Å². The second kappa shape index (κ2) is 5.54. The maximum absolute atomic E-state index is 11.1. The monoisotopic (exact) mass is 252 g/mol. The lowest BCUT2D eigenvalue weighted by atomic mass is 10.1. The molecule has 1 aliphatic heterocycles. The Hall–Kier alpha value is -1.33. The van der Waals surface area contributed by atoms with Crippen molar-refractivity contribution in [1.29, 1.82) is 0 Å². The Bertz CT molecular complexity index is 416. The fraction of sp³-hybridized carbons (Fsp3) is 0.615. The zero-order chi connectivity index (χ0) is 13.1. The van der Waals surface area contributed by atoms with Gasteiger partial charge in [0.2, 0.25) is 5.91 Å². The lowest BCUT2D eigenvalue weighted by Gasteiger charge is -2.16. The maximum atomic E-state index is 11.1. The molecule has 0 aliphatic carbocycles. The van der Waals surface area contributed by atoms with Crippen molar-refractivity contribution < 1.29 is 14.3 Å². The first-order valence-corrected chi connectivity index (χ1v) is 6.24. The standard InChI is InChI=1S/C13H20N2O3/c1-9-3-4-12(18-9)6-15-5-11(8-16)13(7-15)14-10(2)17/h3-4,11,13,16H,5-8H2,1-2H3,(H,14,17)/t11-,13+/m0/s1. The number of aryl methyl sites for hydroxylation is 1. The van der Waals surface area contributed by atoms with Crippen LogP contribution in [0.3, 0.4) is 0 Å². The van der Waals surface area contributed by atoms with E-state index in [4.69, 9.17) is 4.42 Å². The van der Waals surface area contributed by atoms with Gasteiger partial charge in [0.25, 0.3) is 0 Å². The van der Waals surface area contributed by atoms with Crippen LogP contribution in [-0.4, -0.2) is 41.7 Å². The summed E-state index contributed by atoms with van der Waals surface area (Å²) in [6, 6.07) is 3.94. The zero-order valence-electron chi connectivity index (χ0n) is 10.8. The molecule has 0 spiro atoms. The Balaban J connectivity index is 1.94. The van der Waals surface area contributed by atoms with E-state index in [1.807, 2.05) is 19.1 Å². The minimum Gasteiger partial charge on any atom is -0.465 e. The average Bonchev–Trinajstić information content (AvgIpc) is 2.85. The maximum Gasteiger partial charge on any atom is 0.217 e. The number of aliphatic hydroxyl groups is 1. The third kappa shape index (κ3) is 3.11. The summed E-state index contributed by atoms with van der Waals surface area (Å²) in [5.41, 5.74) is 0. The molecular formula is C13H20N2O3. The summed E-state index contributed by atoms with van der Waals surface area (Å²) in [5, 5.41) is 12.2. The molecule has 0 saturated carbocycles. The molecular weight excluding hydrogens is 232 g/mol. The van der Waals surface area contributed by atoms with Crippen LogP contribution in [0.1, 0.15) is 18.4 Å². The van der Waals surface area contributed by atoms with Gasteiger partial charge in [0.05, 0.1) is 6.54 Å². The van der Waals surface area contributed by atoms with Crippen molar-refractivity contribution >= 4 is 5.91 Å². The Morgan fingerprint density at radius 2 is 2.33 bits per heavy atom. The molecule has 1 saturated heterocycles. The van der Waals surface area contributed by atoms with Gasteiger partial charge in [-0.25, -0.2) is 0 Å². The van der Waals surface area contributed by atoms with Crippen LogP contribution in [0.4, 0.5) is 0 Å². The number of carbonyl (C=O) groups excluding carboxylic acids is 1. The van der Waals surface area contributed by atoms with E-state index in [1.165, 1.54) is 6.92 Å². The van der Waals surface area contributed by atoms with E-state index in [-0.39, 0.29) is 24.5 Å². The smallest absolute Gasteiger partial charge is 0.217 e. The van der Waals surface area contributed by atoms with Gasteiger partial charge in [0, 0.05) is 38.6 Å². The summed E-state index contributed by atoms with van der Waals surface area (Å²) >= 11 is 0. The molecule has 2 rings (SSSR count). The van der Waals surface area contributed by atoms with Crippen LogP contribution in [0.2, 0.25) is 0 Å². The zero-order valence-corrected chi connectivity index (χ0v) is 10.8. The fourth-order valence-electron chi connectivity index (χ4n) is 2.49. The third-order valence-electron chi connectivity index (χ3n) is 3.32. The quantitative estimate of drug-likeness (QED) is 0.820. The molecule has 1 amide bonds. The molecule has 0 radical (unpaired) electrons. The Morgan fingerprint density at radius 3 is 2.89 bits per heavy atom. The van der Waals surface area contributed by atoms with Crippen molar-refractivity contribution in [3.05, 3.63) is 23.7 Å². The first kappa shape index (κ1) is 13.1. The lowest BCUT2D eigenvalue weighted by molar-refractivity contribution is -0.119. The normalized spacial score (nSPS) is 24.4. The number of carbonyl (C=O) groups is 1. The van der Waals surface area contributed by atoms with Gasteiger partial charge in [-0.05, 0) is 19.1 Å². The van der Waals surface area contributed by atoms with Crippen molar-refractivity contribution in [2.75, 3.05) is 19.7 Å². The highest BCUT2D eigenvalue weighted by Crippen LogP contribution is 2.20. The van der Waals surface area contributed by atoms with Gasteiger partial charge in [0.1, 0.15) is 11.5 Å². The van der Waals surface area contributed by atoms with Gasteiger partial charge in [-0.2, -0.15) is 0 Å². The van der Waals surface area contributed by atoms with E-state index in [9.17, 15) is 9.90 Å². The molecule has 2 N–H and O–H groups in total. The summed E-state index contributed by atoms with van der Waals surface area (Å²) in [6.07, 6.45) is 0. The van der Waals surface area contributed by atoms with Gasteiger partial charge >= 0.3 is 0 Å². The number of furan rings is 1. The first-order chi connectivity index (χ1) is 8.58. The number of rotatable bonds is 4. The van der Waals surface area contributed by atoms with Crippen molar-refractivity contribution in [2.45, 2.75) is 26.4 Å². The highest BCUT2D eigenvalue weighted by Gasteiger charge is 2.32. The molecule has 2 heterocycles. The van der Waals surface area contributed by atoms with Crippen LogP contribution >= 0.6 is 0 Å². The van der Waals surface area contributed by atoms with E-state index in [0.29, 0.717) is 0 Å². The summed E-state index contributed by atoms with van der Waals surface area (Å²) in [4.78, 5) is 13.3. The van der Waals surface area contributed by atoms with E-state index < -0.39 is 0 Å². The Labute approximate surface area is 107 Å². The van der Waals surface area contributed by atoms with Gasteiger partial charge < -0.3 is 14.8 Å². The number of likely N-dealkylation sites (tertiary alicyclic amines) is 1. The van der Waals surface area contributed by atoms with Crippen molar-refractivity contribution in [3.8, 4) is 0 Å². The molecule has 18 heavy (non-hydrogen) atoms. The van der Waals surface area contributed by atoms with Crippen LogP contribution in [0.15, 0.2) is 16.5 Å². The number of hydrogen-bond donors (Lipinski definition) is 2. The number of amides is 1. The summed E-state index contributed by atoms with van der Waals surface area (Å²) in [5.74, 6) is 1.88. The second-order valence-corrected chi connectivity index (χ2v) is 4.96. The van der Waals surface area contributed by atoms with Gasteiger partial charge in [-0.15, -0.1) is 0 Å². The van der Waals surface area contributed by atoms with Gasteiger partial charge in [-0.1, -0.05) is 0 Å². The first-order valence-electron chi connectivity index (χ1n) is 6.24. The van der Waals surface area contributed by atoms with E-state index >= 15 is 0 Å². The number of aliphatic hydroxyl groups excluding tert-OH is 1. The average molecular weight is 252 g/mol. The predicted molar refractivity (Wildman–Crippen MR) is 66.9 cm³/mol. The van der Waals surface area contributed by atoms with E-state index in [1.54, 1.807) is 0 Å². The molecule has 1 aromatic rings. The molecule has 1 fully saturated rings. The molecule has 5 nitrogen and oxygen atoms in total. The van der Waals surface area contributed by atoms with Crippen LogP contribution in [0, 0.1) is 12.8 Å². The highest BCUT2D eigenvalue weighted by atomic mass is 16.3. The molecule has 5 heteroatoms. The summed E-state index contributed by atoms with van der Waals surface area (Å²) in [6.45, 7) is 5.78. The highest BCUT2D eigenvalue weighted by molar-refractivity contribution is 5.73. The van der Waals surface area contributed by atoms with Crippen molar-refractivity contribution in [2.24, 2.45) is 5.92 Å². The number of nitrogens with one attached hydrogen (secondary N) is 1. The lowest BCUT2D eigenvalue weighted by Crippen LogP contribution is -2.40. The molecule has 0 aromatic carbocycles. The molecule has 1 aliphatic rings. The summed E-state index contributed by atoms with van der Waals surface area (Å²) < 4.78 is 5.54. The molecule has 2 atom stereocenters. The van der Waals surface area contributed by atoms with Crippen LogP contribution in [0.5, 0.6) is 0 Å². The Morgan fingerprint density at radius 1 is 1.56 bits per heavy atom. The number of nitrogens with zero attached hydrogens (tertiary/aromatic N) is 1. The minimum atomic E-state index is -0.0471. The topological polar surface area (TPSA) is 65.7 Å². The largest absolute Gasteiger partial charge is 0.465 e. The van der Waals surface area contributed by atoms with E-state index in [0.717, 1.165) is 31.2 Å². The van der Waals surface area contributed by atoms with Crippen LogP contribution in [0.25, 0.3) is 0 Å². The van der Waals surface area contributed by atoms with Crippen LogP contribution in [-0.2, 0) is 11.3 Å². The van der Waals surface area contributed by atoms with Gasteiger partial charge in [0.15, 0.2) is 0 Å². The second-order valence-electron chi connectivity index (χ2n) is 4.96. The fourth-order valence-corrected chi connectivity index (χ4v) is 2.49. The molecule has 100 valence electrons. The van der Waals surface area contributed by atoms with Crippen molar-refractivity contribution in [1.82, 2.24) is 10.2 Å². The Kier molecular flexibility index (Phi) is 4.04. The predicted octanol–water partition coefficient (Wildman–Crippen LogP) is 0.517. The molecule has 0 unspecified atom stereocenters. The minimum absolute atomic E-state index is 0.0311. The SMILES string of the molecule is CC(=O)N[C@@H]1CN(Cc2ccc(C)o2)C[C@H]1CO. The number of hydrogen-bond acceptors (Lipinski definition) is 4. The van der Waals surface area contributed by atoms with E-state index in [2.05, 4.69) is 10.2 Å². The summed E-state index contributed by atoms with van der Waals surface area (Å²) in [7, 11) is 0. The molecule has 0 bridgehead atoms. The van der Waals surface area contributed by atoms with Gasteiger partial charge in [-0.3, -0.25) is 9.69 Å². The van der Waals surface area contributed by atoms with Crippen LogP contribution < -0.4 is 5.32 Å². The molecule has 1 aromatic heterocycles.